The summed E-state index contributed by atoms with van der Waals surface area (Å²) >= 11 is 0. The highest BCUT2D eigenvalue weighted by Crippen LogP contribution is 2.16. The van der Waals surface area contributed by atoms with E-state index in [1.807, 2.05) is 6.92 Å². The van der Waals surface area contributed by atoms with Gasteiger partial charge >= 0.3 is 5.69 Å². The van der Waals surface area contributed by atoms with E-state index in [0.29, 0.717) is 12.1 Å². The van der Waals surface area contributed by atoms with Gasteiger partial charge in [0.1, 0.15) is 11.9 Å². The van der Waals surface area contributed by atoms with Crippen molar-refractivity contribution in [1.82, 2.24) is 14.5 Å². The highest BCUT2D eigenvalue weighted by Gasteiger charge is 2.23. The van der Waals surface area contributed by atoms with Crippen LogP contribution in [0.5, 0.6) is 0 Å². The molecule has 1 amide bonds. The summed E-state index contributed by atoms with van der Waals surface area (Å²) in [6.45, 7) is 3.97. The smallest absolute Gasteiger partial charge is 0.336 e. The van der Waals surface area contributed by atoms with Gasteiger partial charge in [0.25, 0.3) is 5.56 Å². The standard InChI is InChI=1S/C20H20FN3O3/c1-3-12-22-18(25)13(2)23-16-10-6-4-8-14(16)19(26)24(20(23)27)17-11-7-5-9-15(17)21/h4-11,13H,3,12H2,1-2H3,(H,22,25). The zero-order valence-corrected chi connectivity index (χ0v) is 15.1. The van der Waals surface area contributed by atoms with E-state index in [2.05, 4.69) is 5.32 Å². The number of halogens is 1. The molecule has 0 radical (unpaired) electrons. The third kappa shape index (κ3) is 3.28. The van der Waals surface area contributed by atoms with Crippen LogP contribution >= 0.6 is 0 Å². The van der Waals surface area contributed by atoms with E-state index in [1.54, 1.807) is 37.3 Å². The van der Waals surface area contributed by atoms with Gasteiger partial charge in [-0.3, -0.25) is 14.2 Å². The SMILES string of the molecule is CCCNC(=O)C(C)n1c(=O)n(-c2ccccc2F)c(=O)c2ccccc21. The van der Waals surface area contributed by atoms with Crippen LogP contribution in [0.1, 0.15) is 26.3 Å². The predicted octanol–water partition coefficient (Wildman–Crippen LogP) is 2.38. The number of carbonyl (C=O) groups is 1. The molecule has 0 saturated heterocycles. The number of fused-ring (bicyclic) bond motifs is 1. The van der Waals surface area contributed by atoms with Crippen LogP contribution in [0.4, 0.5) is 4.39 Å². The number of hydrogen-bond donors (Lipinski definition) is 1. The van der Waals surface area contributed by atoms with Gasteiger partial charge in [-0.2, -0.15) is 0 Å². The third-order valence-corrected chi connectivity index (χ3v) is 4.40. The number of hydrogen-bond acceptors (Lipinski definition) is 3. The maximum atomic E-state index is 14.3. The van der Waals surface area contributed by atoms with Gasteiger partial charge in [0.2, 0.25) is 5.91 Å². The topological polar surface area (TPSA) is 73.1 Å². The summed E-state index contributed by atoms with van der Waals surface area (Å²) < 4.78 is 16.3. The lowest BCUT2D eigenvalue weighted by atomic mass is 10.2. The lowest BCUT2D eigenvalue weighted by Gasteiger charge is -2.19. The minimum atomic E-state index is -0.868. The third-order valence-electron chi connectivity index (χ3n) is 4.40. The monoisotopic (exact) mass is 369 g/mol. The normalized spacial score (nSPS) is 12.1. The van der Waals surface area contributed by atoms with Gasteiger partial charge in [0, 0.05) is 6.54 Å². The fourth-order valence-electron chi connectivity index (χ4n) is 3.02. The molecule has 1 N–H and O–H groups in total. The van der Waals surface area contributed by atoms with Crippen LogP contribution in [-0.2, 0) is 4.79 Å². The first-order valence-corrected chi connectivity index (χ1v) is 8.76. The fraction of sp³-hybridized carbons (Fsp3) is 0.250. The molecular weight excluding hydrogens is 349 g/mol. The maximum Gasteiger partial charge on any atom is 0.336 e. The molecule has 140 valence electrons. The van der Waals surface area contributed by atoms with Gasteiger partial charge in [0.15, 0.2) is 0 Å². The highest BCUT2D eigenvalue weighted by atomic mass is 19.1. The predicted molar refractivity (Wildman–Crippen MR) is 102 cm³/mol. The Morgan fingerprint density at radius 1 is 1.11 bits per heavy atom. The summed E-state index contributed by atoms with van der Waals surface area (Å²) in [5, 5.41) is 2.98. The Kier molecular flexibility index (Phi) is 5.21. The number of nitrogens with one attached hydrogen (secondary N) is 1. The Balaban J connectivity index is 2.34. The molecule has 0 aliphatic carbocycles. The van der Waals surface area contributed by atoms with Crippen molar-refractivity contribution in [2.75, 3.05) is 6.54 Å². The molecular formula is C20H20FN3O3. The fourth-order valence-corrected chi connectivity index (χ4v) is 3.02. The largest absolute Gasteiger partial charge is 0.354 e. The number of rotatable bonds is 5. The van der Waals surface area contributed by atoms with Crippen LogP contribution in [0, 0.1) is 5.82 Å². The van der Waals surface area contributed by atoms with Gasteiger partial charge in [-0.1, -0.05) is 31.2 Å². The van der Waals surface area contributed by atoms with E-state index in [-0.39, 0.29) is 17.0 Å². The Morgan fingerprint density at radius 2 is 1.78 bits per heavy atom. The van der Waals surface area contributed by atoms with Crippen molar-refractivity contribution in [2.24, 2.45) is 0 Å². The first kappa shape index (κ1) is 18.6. The Hall–Kier alpha value is -3.22. The van der Waals surface area contributed by atoms with Crippen molar-refractivity contribution < 1.29 is 9.18 Å². The molecule has 0 saturated carbocycles. The highest BCUT2D eigenvalue weighted by molar-refractivity contribution is 5.84. The van der Waals surface area contributed by atoms with Gasteiger partial charge in [-0.05, 0) is 37.6 Å². The second kappa shape index (κ2) is 7.57. The molecule has 3 rings (SSSR count). The summed E-state index contributed by atoms with van der Waals surface area (Å²) in [6, 6.07) is 11.2. The molecule has 27 heavy (non-hydrogen) atoms. The van der Waals surface area contributed by atoms with Crippen LogP contribution in [0.25, 0.3) is 16.6 Å². The zero-order valence-electron chi connectivity index (χ0n) is 15.1. The van der Waals surface area contributed by atoms with Crippen LogP contribution in [0.15, 0.2) is 58.1 Å². The van der Waals surface area contributed by atoms with E-state index in [1.165, 1.54) is 22.8 Å². The van der Waals surface area contributed by atoms with Gasteiger partial charge < -0.3 is 5.32 Å². The average molecular weight is 369 g/mol. The number of benzene rings is 2. The molecule has 1 aromatic heterocycles. The molecule has 0 bridgehead atoms. The molecule has 3 aromatic rings. The van der Waals surface area contributed by atoms with Crippen LogP contribution < -0.4 is 16.6 Å². The maximum absolute atomic E-state index is 14.3. The van der Waals surface area contributed by atoms with Gasteiger partial charge in [0.05, 0.1) is 16.6 Å². The minimum Gasteiger partial charge on any atom is -0.354 e. The van der Waals surface area contributed by atoms with E-state index >= 15 is 0 Å². The summed E-state index contributed by atoms with van der Waals surface area (Å²) in [7, 11) is 0. The van der Waals surface area contributed by atoms with Crippen LogP contribution in [-0.4, -0.2) is 21.6 Å². The molecule has 0 aliphatic rings. The first-order chi connectivity index (χ1) is 13.0. The molecule has 1 atom stereocenters. The van der Waals surface area contributed by atoms with Crippen molar-refractivity contribution in [3.05, 3.63) is 75.2 Å². The lowest BCUT2D eigenvalue weighted by molar-refractivity contribution is -0.123. The molecule has 0 spiro atoms. The number of carbonyl (C=O) groups excluding carboxylic acids is 1. The quantitative estimate of drug-likeness (QED) is 0.750. The summed E-state index contributed by atoms with van der Waals surface area (Å²) in [5.41, 5.74) is -1.20. The Morgan fingerprint density at radius 3 is 2.48 bits per heavy atom. The summed E-state index contributed by atoms with van der Waals surface area (Å²) in [6.07, 6.45) is 0.753. The van der Waals surface area contributed by atoms with E-state index in [9.17, 15) is 18.8 Å². The molecule has 0 fully saturated rings. The molecule has 6 nitrogen and oxygen atoms in total. The molecule has 0 aliphatic heterocycles. The molecule has 1 unspecified atom stereocenters. The molecule has 1 heterocycles. The van der Waals surface area contributed by atoms with Crippen LogP contribution in [0.3, 0.4) is 0 Å². The van der Waals surface area contributed by atoms with Gasteiger partial charge in [-0.25, -0.2) is 13.8 Å². The summed E-state index contributed by atoms with van der Waals surface area (Å²) in [5.74, 6) is -1.04. The van der Waals surface area contributed by atoms with Crippen LogP contribution in [0.2, 0.25) is 0 Å². The van der Waals surface area contributed by atoms with Crippen molar-refractivity contribution in [3.8, 4) is 5.69 Å². The number of aromatic nitrogens is 2. The van der Waals surface area contributed by atoms with Gasteiger partial charge in [-0.15, -0.1) is 0 Å². The minimum absolute atomic E-state index is 0.145. The molecule has 7 heteroatoms. The second-order valence-corrected chi connectivity index (χ2v) is 6.23. The van der Waals surface area contributed by atoms with Crippen molar-refractivity contribution in [2.45, 2.75) is 26.3 Å². The Bertz CT molecular complexity index is 1120. The number of amides is 1. The lowest BCUT2D eigenvalue weighted by Crippen LogP contribution is -2.44. The van der Waals surface area contributed by atoms with Crippen molar-refractivity contribution >= 4 is 16.8 Å². The number of para-hydroxylation sites is 2. The van der Waals surface area contributed by atoms with Crippen molar-refractivity contribution in [3.63, 3.8) is 0 Å². The Labute approximate surface area is 154 Å². The average Bonchev–Trinajstić information content (AvgIpc) is 2.67. The van der Waals surface area contributed by atoms with Crippen molar-refractivity contribution in [1.29, 1.82) is 0 Å². The van der Waals surface area contributed by atoms with E-state index in [0.717, 1.165) is 11.0 Å². The number of nitrogens with zero attached hydrogens (tertiary/aromatic N) is 2. The first-order valence-electron chi connectivity index (χ1n) is 8.76. The van der Waals surface area contributed by atoms with E-state index in [4.69, 9.17) is 0 Å². The second-order valence-electron chi connectivity index (χ2n) is 6.23. The molecule has 2 aromatic carbocycles. The zero-order chi connectivity index (χ0) is 19.6. The summed E-state index contributed by atoms with van der Waals surface area (Å²) in [4.78, 5) is 38.5. The van der Waals surface area contributed by atoms with E-state index < -0.39 is 23.1 Å².